The highest BCUT2D eigenvalue weighted by atomic mass is 127. The van der Waals surface area contributed by atoms with Gasteiger partial charge in [0.1, 0.15) is 0 Å². The molecule has 1 amide bonds. The standard InChI is InChI=1S/C9H14INO4/c10-5-1-2-6(15-7(5)12)9(3-4-9)11-8(13)14/h5-7,11-12H,1-4H2,(H,13,14)/t5?,6-,7?/m0/s1. The van der Waals surface area contributed by atoms with Crippen molar-refractivity contribution in [3.05, 3.63) is 0 Å². The molecule has 0 aromatic carbocycles. The van der Waals surface area contributed by atoms with Crippen molar-refractivity contribution in [3.63, 3.8) is 0 Å². The second-order valence-corrected chi connectivity index (χ2v) is 5.79. The molecule has 15 heavy (non-hydrogen) atoms. The zero-order valence-electron chi connectivity index (χ0n) is 8.15. The number of ether oxygens (including phenoxy) is 1. The summed E-state index contributed by atoms with van der Waals surface area (Å²) in [4.78, 5) is 10.6. The third-order valence-corrected chi connectivity index (χ3v) is 4.32. The fraction of sp³-hybridized carbons (Fsp3) is 0.889. The summed E-state index contributed by atoms with van der Waals surface area (Å²) in [5.41, 5.74) is -0.427. The lowest BCUT2D eigenvalue weighted by atomic mass is 9.99. The van der Waals surface area contributed by atoms with Crippen LogP contribution in [0.5, 0.6) is 0 Å². The molecular formula is C9H14INO4. The first-order chi connectivity index (χ1) is 7.03. The number of rotatable bonds is 2. The van der Waals surface area contributed by atoms with E-state index in [0.29, 0.717) is 0 Å². The van der Waals surface area contributed by atoms with Gasteiger partial charge in [0, 0.05) is 0 Å². The molecule has 0 bridgehead atoms. The summed E-state index contributed by atoms with van der Waals surface area (Å²) >= 11 is 2.16. The largest absolute Gasteiger partial charge is 0.465 e. The van der Waals surface area contributed by atoms with Crippen LogP contribution in [-0.4, -0.2) is 38.2 Å². The molecule has 1 saturated carbocycles. The van der Waals surface area contributed by atoms with Gasteiger partial charge in [0.2, 0.25) is 0 Å². The highest BCUT2D eigenvalue weighted by Gasteiger charge is 2.53. The van der Waals surface area contributed by atoms with E-state index >= 15 is 0 Å². The van der Waals surface area contributed by atoms with Crippen LogP contribution in [0.3, 0.4) is 0 Å². The second-order valence-electron chi connectivity index (χ2n) is 4.19. The van der Waals surface area contributed by atoms with Crippen molar-refractivity contribution >= 4 is 28.7 Å². The molecule has 1 aliphatic carbocycles. The van der Waals surface area contributed by atoms with Crippen molar-refractivity contribution in [1.29, 1.82) is 0 Å². The minimum Gasteiger partial charge on any atom is -0.465 e. The first-order valence-corrected chi connectivity index (χ1v) is 6.27. The SMILES string of the molecule is O=C(O)NC1([C@@H]2CCC(I)C(O)O2)CC1. The summed E-state index contributed by atoms with van der Waals surface area (Å²) in [7, 11) is 0. The molecule has 1 aliphatic heterocycles. The molecule has 0 radical (unpaired) electrons. The summed E-state index contributed by atoms with van der Waals surface area (Å²) in [5.74, 6) is 0. The monoisotopic (exact) mass is 327 g/mol. The number of carbonyl (C=O) groups is 1. The van der Waals surface area contributed by atoms with E-state index in [2.05, 4.69) is 27.9 Å². The number of aliphatic hydroxyl groups is 1. The molecule has 2 unspecified atom stereocenters. The van der Waals surface area contributed by atoms with Gasteiger partial charge in [-0.25, -0.2) is 4.79 Å². The lowest BCUT2D eigenvalue weighted by molar-refractivity contribution is -0.166. The zero-order chi connectivity index (χ0) is 11.1. The van der Waals surface area contributed by atoms with E-state index in [1.54, 1.807) is 0 Å². The third kappa shape index (κ3) is 2.36. The third-order valence-electron chi connectivity index (χ3n) is 3.08. The number of hydrogen-bond donors (Lipinski definition) is 3. The number of halogens is 1. The Morgan fingerprint density at radius 2 is 2.13 bits per heavy atom. The van der Waals surface area contributed by atoms with E-state index in [1.165, 1.54) is 0 Å². The predicted octanol–water partition coefficient (Wildman–Crippen LogP) is 1.09. The Kier molecular flexibility index (Phi) is 3.09. The summed E-state index contributed by atoms with van der Waals surface area (Å²) in [6.07, 6.45) is 1.35. The molecule has 0 spiro atoms. The van der Waals surface area contributed by atoms with Gasteiger partial charge in [0.25, 0.3) is 0 Å². The minimum atomic E-state index is -1.01. The lowest BCUT2D eigenvalue weighted by Gasteiger charge is -2.35. The second kappa shape index (κ2) is 4.06. The Labute approximate surface area is 101 Å². The Morgan fingerprint density at radius 1 is 1.47 bits per heavy atom. The van der Waals surface area contributed by atoms with E-state index in [4.69, 9.17) is 9.84 Å². The molecule has 2 aliphatic rings. The van der Waals surface area contributed by atoms with Crippen LogP contribution in [-0.2, 0) is 4.74 Å². The summed E-state index contributed by atoms with van der Waals surface area (Å²) in [6.45, 7) is 0. The van der Waals surface area contributed by atoms with Crippen LogP contribution < -0.4 is 5.32 Å². The quantitative estimate of drug-likeness (QED) is 0.524. The van der Waals surface area contributed by atoms with Gasteiger partial charge in [0.05, 0.1) is 15.6 Å². The van der Waals surface area contributed by atoms with Crippen molar-refractivity contribution in [2.75, 3.05) is 0 Å². The maximum atomic E-state index is 10.6. The molecule has 6 heteroatoms. The molecule has 1 saturated heterocycles. The number of amides is 1. The molecule has 2 rings (SSSR count). The molecule has 0 aromatic rings. The minimum absolute atomic E-state index is 0.111. The van der Waals surface area contributed by atoms with Gasteiger partial charge in [-0.05, 0) is 25.7 Å². The van der Waals surface area contributed by atoms with E-state index in [9.17, 15) is 9.90 Å². The van der Waals surface area contributed by atoms with Crippen molar-refractivity contribution in [1.82, 2.24) is 5.32 Å². The van der Waals surface area contributed by atoms with Gasteiger partial charge in [-0.3, -0.25) is 0 Å². The normalized spacial score (nSPS) is 38.4. The topological polar surface area (TPSA) is 78.8 Å². The Balaban J connectivity index is 1.96. The number of carboxylic acid groups (broad SMARTS) is 1. The fourth-order valence-electron chi connectivity index (χ4n) is 2.06. The molecule has 2 fully saturated rings. The van der Waals surface area contributed by atoms with E-state index in [0.717, 1.165) is 25.7 Å². The number of nitrogens with one attached hydrogen (secondary N) is 1. The average Bonchev–Trinajstić information content (AvgIpc) is 2.89. The first-order valence-electron chi connectivity index (χ1n) is 5.02. The van der Waals surface area contributed by atoms with Gasteiger partial charge in [-0.15, -0.1) is 0 Å². The smallest absolute Gasteiger partial charge is 0.405 e. The van der Waals surface area contributed by atoms with E-state index in [-0.39, 0.29) is 10.0 Å². The molecule has 86 valence electrons. The van der Waals surface area contributed by atoms with Crippen LogP contribution in [0, 0.1) is 0 Å². The Hall–Kier alpha value is -0.0800. The number of alkyl halides is 1. The fourth-order valence-corrected chi connectivity index (χ4v) is 2.59. The summed E-state index contributed by atoms with van der Waals surface area (Å²) in [5, 5.41) is 20.8. The van der Waals surface area contributed by atoms with Gasteiger partial charge in [-0.2, -0.15) is 0 Å². The number of hydrogen-bond acceptors (Lipinski definition) is 3. The van der Waals surface area contributed by atoms with Crippen LogP contribution in [0.15, 0.2) is 0 Å². The van der Waals surface area contributed by atoms with Crippen LogP contribution in [0.1, 0.15) is 25.7 Å². The lowest BCUT2D eigenvalue weighted by Crippen LogP contribution is -2.51. The van der Waals surface area contributed by atoms with Gasteiger partial charge in [0.15, 0.2) is 6.29 Å². The van der Waals surface area contributed by atoms with Crippen LogP contribution >= 0.6 is 22.6 Å². The van der Waals surface area contributed by atoms with E-state index in [1.807, 2.05) is 0 Å². The summed E-state index contributed by atoms with van der Waals surface area (Å²) in [6, 6.07) is 0. The van der Waals surface area contributed by atoms with Crippen molar-refractivity contribution in [2.45, 2.75) is 47.5 Å². The summed E-state index contributed by atoms with van der Waals surface area (Å²) < 4.78 is 5.56. The average molecular weight is 327 g/mol. The van der Waals surface area contributed by atoms with Crippen LogP contribution in [0.25, 0.3) is 0 Å². The van der Waals surface area contributed by atoms with Crippen LogP contribution in [0.4, 0.5) is 4.79 Å². The van der Waals surface area contributed by atoms with Gasteiger partial charge in [-0.1, -0.05) is 22.6 Å². The van der Waals surface area contributed by atoms with E-state index < -0.39 is 17.9 Å². The maximum Gasteiger partial charge on any atom is 0.405 e. The van der Waals surface area contributed by atoms with Crippen molar-refractivity contribution in [3.8, 4) is 0 Å². The molecule has 3 N–H and O–H groups in total. The predicted molar refractivity (Wildman–Crippen MR) is 61.0 cm³/mol. The van der Waals surface area contributed by atoms with Gasteiger partial charge >= 0.3 is 6.09 Å². The molecule has 3 atom stereocenters. The highest BCUT2D eigenvalue weighted by molar-refractivity contribution is 14.1. The molecule has 1 heterocycles. The van der Waals surface area contributed by atoms with Crippen molar-refractivity contribution < 1.29 is 19.7 Å². The zero-order valence-corrected chi connectivity index (χ0v) is 10.3. The van der Waals surface area contributed by atoms with Gasteiger partial charge < -0.3 is 20.3 Å². The molecular weight excluding hydrogens is 313 g/mol. The Morgan fingerprint density at radius 3 is 2.60 bits per heavy atom. The first kappa shape index (κ1) is 11.4. The highest BCUT2D eigenvalue weighted by Crippen LogP contribution is 2.44. The maximum absolute atomic E-state index is 10.6. The van der Waals surface area contributed by atoms with Crippen molar-refractivity contribution in [2.24, 2.45) is 0 Å². The number of aliphatic hydroxyl groups excluding tert-OH is 1. The molecule has 5 nitrogen and oxygen atoms in total. The van der Waals surface area contributed by atoms with Crippen LogP contribution in [0.2, 0.25) is 0 Å². The Bertz CT molecular complexity index is 269. The molecule has 0 aromatic heterocycles.